The minimum atomic E-state index is -1.01. The third kappa shape index (κ3) is 2.23. The Bertz CT molecular complexity index is 611. The standard InChI is InChI=1S/C12H10N2O3/c1-7-10(12(16)17)4-9(6-13-7)8-2-3-11(15)14-5-8/h2-6H,1H3,(H,14,15)(H,16,17). The number of aromatic nitrogens is 2. The summed E-state index contributed by atoms with van der Waals surface area (Å²) >= 11 is 0. The van der Waals surface area contributed by atoms with Crippen molar-refractivity contribution in [2.75, 3.05) is 0 Å². The molecule has 5 nitrogen and oxygen atoms in total. The molecule has 0 spiro atoms. The average molecular weight is 230 g/mol. The number of hydrogen-bond acceptors (Lipinski definition) is 3. The maximum atomic E-state index is 11.0. The van der Waals surface area contributed by atoms with Crippen LogP contribution in [0.4, 0.5) is 0 Å². The fourth-order valence-electron chi connectivity index (χ4n) is 1.50. The number of aryl methyl sites for hydroxylation is 1. The number of aromatic amines is 1. The Kier molecular flexibility index (Phi) is 2.74. The number of nitrogens with zero attached hydrogens (tertiary/aromatic N) is 1. The zero-order valence-corrected chi connectivity index (χ0v) is 9.10. The Morgan fingerprint density at radius 1 is 1.35 bits per heavy atom. The molecule has 0 atom stereocenters. The van der Waals surface area contributed by atoms with E-state index in [1.165, 1.54) is 18.3 Å². The second-order valence-corrected chi connectivity index (χ2v) is 3.60. The lowest BCUT2D eigenvalue weighted by Crippen LogP contribution is -2.04. The molecule has 0 fully saturated rings. The Balaban J connectivity index is 2.53. The van der Waals surface area contributed by atoms with Crippen LogP contribution in [0.3, 0.4) is 0 Å². The zero-order chi connectivity index (χ0) is 12.4. The number of carboxylic acids is 1. The van der Waals surface area contributed by atoms with E-state index in [1.807, 2.05) is 0 Å². The summed E-state index contributed by atoms with van der Waals surface area (Å²) in [5.41, 5.74) is 1.80. The van der Waals surface area contributed by atoms with Crippen LogP contribution in [0, 0.1) is 6.92 Å². The summed E-state index contributed by atoms with van der Waals surface area (Å²) in [5.74, 6) is -1.01. The number of carbonyl (C=O) groups is 1. The van der Waals surface area contributed by atoms with E-state index in [0.29, 0.717) is 11.3 Å². The lowest BCUT2D eigenvalue weighted by molar-refractivity contribution is 0.0695. The van der Waals surface area contributed by atoms with Gasteiger partial charge in [-0.15, -0.1) is 0 Å². The molecule has 2 rings (SSSR count). The molecular weight excluding hydrogens is 220 g/mol. The molecule has 86 valence electrons. The van der Waals surface area contributed by atoms with Crippen molar-refractivity contribution in [3.8, 4) is 11.1 Å². The molecule has 0 bridgehead atoms. The molecule has 5 heteroatoms. The van der Waals surface area contributed by atoms with Crippen LogP contribution in [-0.4, -0.2) is 21.0 Å². The molecule has 17 heavy (non-hydrogen) atoms. The number of H-pyrrole nitrogens is 1. The molecule has 0 saturated heterocycles. The summed E-state index contributed by atoms with van der Waals surface area (Å²) < 4.78 is 0. The molecule has 2 N–H and O–H groups in total. The minimum Gasteiger partial charge on any atom is -0.478 e. The van der Waals surface area contributed by atoms with Crippen molar-refractivity contribution >= 4 is 5.97 Å². The first-order chi connectivity index (χ1) is 8.08. The van der Waals surface area contributed by atoms with E-state index in [1.54, 1.807) is 19.2 Å². The van der Waals surface area contributed by atoms with Crippen LogP contribution in [0.1, 0.15) is 16.1 Å². The number of pyridine rings is 2. The van der Waals surface area contributed by atoms with E-state index >= 15 is 0 Å². The number of rotatable bonds is 2. The van der Waals surface area contributed by atoms with Crippen molar-refractivity contribution in [3.05, 3.63) is 52.2 Å². The Morgan fingerprint density at radius 2 is 2.12 bits per heavy atom. The number of nitrogens with one attached hydrogen (secondary N) is 1. The van der Waals surface area contributed by atoms with Gasteiger partial charge in [0, 0.05) is 24.0 Å². The molecular formula is C12H10N2O3. The van der Waals surface area contributed by atoms with Gasteiger partial charge in [-0.1, -0.05) is 0 Å². The Labute approximate surface area is 96.8 Å². The van der Waals surface area contributed by atoms with Crippen LogP contribution < -0.4 is 5.56 Å². The normalized spacial score (nSPS) is 10.2. The van der Waals surface area contributed by atoms with Crippen molar-refractivity contribution in [1.82, 2.24) is 9.97 Å². The van der Waals surface area contributed by atoms with Gasteiger partial charge >= 0.3 is 5.97 Å². The van der Waals surface area contributed by atoms with Crippen molar-refractivity contribution in [1.29, 1.82) is 0 Å². The molecule has 0 aliphatic rings. The molecule has 2 heterocycles. The zero-order valence-electron chi connectivity index (χ0n) is 9.10. The van der Waals surface area contributed by atoms with Gasteiger partial charge < -0.3 is 10.1 Å². The van der Waals surface area contributed by atoms with Gasteiger partial charge in [-0.3, -0.25) is 9.78 Å². The largest absolute Gasteiger partial charge is 0.478 e. The Hall–Kier alpha value is -2.43. The monoisotopic (exact) mass is 230 g/mol. The van der Waals surface area contributed by atoms with Gasteiger partial charge in [-0.25, -0.2) is 4.79 Å². The molecule has 0 amide bonds. The highest BCUT2D eigenvalue weighted by molar-refractivity contribution is 5.90. The third-order valence-corrected chi connectivity index (χ3v) is 2.43. The highest BCUT2D eigenvalue weighted by atomic mass is 16.4. The summed E-state index contributed by atoms with van der Waals surface area (Å²) in [4.78, 5) is 28.4. The molecule has 0 aliphatic carbocycles. The quantitative estimate of drug-likeness (QED) is 0.817. The predicted octanol–water partition coefficient (Wildman–Crippen LogP) is 1.44. The molecule has 0 unspecified atom stereocenters. The van der Waals surface area contributed by atoms with Gasteiger partial charge in [0.1, 0.15) is 0 Å². The highest BCUT2D eigenvalue weighted by Crippen LogP contribution is 2.19. The van der Waals surface area contributed by atoms with Gasteiger partial charge in [-0.2, -0.15) is 0 Å². The van der Waals surface area contributed by atoms with E-state index < -0.39 is 5.97 Å². The van der Waals surface area contributed by atoms with Crippen molar-refractivity contribution in [2.45, 2.75) is 6.92 Å². The molecule has 0 saturated carbocycles. The maximum Gasteiger partial charge on any atom is 0.337 e. The van der Waals surface area contributed by atoms with E-state index in [2.05, 4.69) is 9.97 Å². The first-order valence-corrected chi connectivity index (χ1v) is 4.97. The van der Waals surface area contributed by atoms with Crippen LogP contribution in [0.15, 0.2) is 35.4 Å². The summed E-state index contributed by atoms with van der Waals surface area (Å²) in [5, 5.41) is 8.98. The second kappa shape index (κ2) is 4.21. The van der Waals surface area contributed by atoms with Crippen molar-refractivity contribution < 1.29 is 9.90 Å². The van der Waals surface area contributed by atoms with Crippen molar-refractivity contribution in [3.63, 3.8) is 0 Å². The van der Waals surface area contributed by atoms with Crippen LogP contribution in [0.25, 0.3) is 11.1 Å². The van der Waals surface area contributed by atoms with Crippen LogP contribution in [0.5, 0.6) is 0 Å². The van der Waals surface area contributed by atoms with Crippen LogP contribution >= 0.6 is 0 Å². The smallest absolute Gasteiger partial charge is 0.337 e. The molecule has 2 aromatic heterocycles. The minimum absolute atomic E-state index is 0.161. The van der Waals surface area contributed by atoms with Crippen LogP contribution in [-0.2, 0) is 0 Å². The summed E-state index contributed by atoms with van der Waals surface area (Å²) in [6, 6.07) is 4.55. The predicted molar refractivity (Wildman–Crippen MR) is 62.0 cm³/mol. The lowest BCUT2D eigenvalue weighted by Gasteiger charge is -2.04. The van der Waals surface area contributed by atoms with E-state index in [-0.39, 0.29) is 11.1 Å². The number of aromatic carboxylic acids is 1. The maximum absolute atomic E-state index is 11.0. The van der Waals surface area contributed by atoms with Gasteiger partial charge in [-0.05, 0) is 24.6 Å². The van der Waals surface area contributed by atoms with Gasteiger partial charge in [0.15, 0.2) is 0 Å². The molecule has 0 aliphatic heterocycles. The number of carboxylic acid groups (broad SMARTS) is 1. The molecule has 2 aromatic rings. The van der Waals surface area contributed by atoms with Crippen molar-refractivity contribution in [2.24, 2.45) is 0 Å². The van der Waals surface area contributed by atoms with Gasteiger partial charge in [0.2, 0.25) is 5.56 Å². The first kappa shape index (κ1) is 11.1. The van der Waals surface area contributed by atoms with E-state index in [0.717, 1.165) is 5.56 Å². The molecule has 0 aromatic carbocycles. The van der Waals surface area contributed by atoms with E-state index in [9.17, 15) is 9.59 Å². The van der Waals surface area contributed by atoms with E-state index in [4.69, 9.17) is 5.11 Å². The van der Waals surface area contributed by atoms with Gasteiger partial charge in [0.05, 0.1) is 11.3 Å². The summed E-state index contributed by atoms with van der Waals surface area (Å²) in [6.45, 7) is 1.64. The second-order valence-electron chi connectivity index (χ2n) is 3.60. The van der Waals surface area contributed by atoms with Crippen LogP contribution in [0.2, 0.25) is 0 Å². The highest BCUT2D eigenvalue weighted by Gasteiger charge is 2.09. The fourth-order valence-corrected chi connectivity index (χ4v) is 1.50. The summed E-state index contributed by atoms with van der Waals surface area (Å²) in [6.07, 6.45) is 3.11. The third-order valence-electron chi connectivity index (χ3n) is 2.43. The number of hydrogen-bond donors (Lipinski definition) is 2. The molecule has 0 radical (unpaired) electrons. The Morgan fingerprint density at radius 3 is 2.71 bits per heavy atom. The SMILES string of the molecule is Cc1ncc(-c2ccc(=O)[nH]c2)cc1C(=O)O. The average Bonchev–Trinajstić information content (AvgIpc) is 2.30. The summed E-state index contributed by atoms with van der Waals surface area (Å²) in [7, 11) is 0. The van der Waals surface area contributed by atoms with Gasteiger partial charge in [0.25, 0.3) is 0 Å². The first-order valence-electron chi connectivity index (χ1n) is 4.97. The fraction of sp³-hybridized carbons (Fsp3) is 0.0833. The lowest BCUT2D eigenvalue weighted by atomic mass is 10.1. The topological polar surface area (TPSA) is 83.0 Å².